The topological polar surface area (TPSA) is 41.1 Å². The Kier molecular flexibility index (Phi) is 2.35. The molecule has 3 aromatic rings. The third kappa shape index (κ3) is 1.47. The standard InChI is InChI=1S/C15H11N3/c1-11-6-7-17-10-13(11)15-5-4-12(9-16)14-3-2-8-18(14)15/h2-8,10H,1H3. The van der Waals surface area contributed by atoms with Gasteiger partial charge in [0.1, 0.15) is 6.07 Å². The van der Waals surface area contributed by atoms with Crippen molar-refractivity contribution in [1.82, 2.24) is 9.38 Å². The highest BCUT2D eigenvalue weighted by atomic mass is 14.9. The molecule has 0 aliphatic heterocycles. The average molecular weight is 233 g/mol. The zero-order valence-corrected chi connectivity index (χ0v) is 9.96. The maximum Gasteiger partial charge on any atom is 0.101 e. The van der Waals surface area contributed by atoms with Crippen LogP contribution < -0.4 is 0 Å². The largest absolute Gasteiger partial charge is 0.315 e. The summed E-state index contributed by atoms with van der Waals surface area (Å²) >= 11 is 0. The van der Waals surface area contributed by atoms with E-state index in [1.54, 1.807) is 6.20 Å². The molecule has 0 saturated carbocycles. The highest BCUT2D eigenvalue weighted by Crippen LogP contribution is 2.25. The summed E-state index contributed by atoms with van der Waals surface area (Å²) in [6, 6.07) is 11.9. The number of fused-ring (bicyclic) bond motifs is 1. The van der Waals surface area contributed by atoms with E-state index in [0.29, 0.717) is 5.56 Å². The molecule has 86 valence electrons. The summed E-state index contributed by atoms with van der Waals surface area (Å²) in [6.07, 6.45) is 5.61. The zero-order chi connectivity index (χ0) is 12.5. The van der Waals surface area contributed by atoms with Crippen molar-refractivity contribution < 1.29 is 0 Å². The van der Waals surface area contributed by atoms with Gasteiger partial charge in [0, 0.05) is 24.2 Å². The van der Waals surface area contributed by atoms with Gasteiger partial charge >= 0.3 is 0 Å². The first-order valence-electron chi connectivity index (χ1n) is 5.72. The Morgan fingerprint density at radius 3 is 2.89 bits per heavy atom. The summed E-state index contributed by atoms with van der Waals surface area (Å²) in [5.41, 5.74) is 4.93. The minimum Gasteiger partial charge on any atom is -0.315 e. The Bertz CT molecular complexity index is 763. The minimum atomic E-state index is 0.685. The van der Waals surface area contributed by atoms with E-state index < -0.39 is 0 Å². The molecule has 3 heteroatoms. The number of nitriles is 1. The summed E-state index contributed by atoms with van der Waals surface area (Å²) in [5.74, 6) is 0. The molecule has 0 amide bonds. The third-order valence-corrected chi connectivity index (χ3v) is 3.13. The minimum absolute atomic E-state index is 0.685. The second-order valence-corrected chi connectivity index (χ2v) is 4.20. The second kappa shape index (κ2) is 4.01. The van der Waals surface area contributed by atoms with Crippen molar-refractivity contribution in [3.8, 4) is 17.3 Å². The monoisotopic (exact) mass is 233 g/mol. The van der Waals surface area contributed by atoms with E-state index in [-0.39, 0.29) is 0 Å². The Balaban J connectivity index is 2.36. The van der Waals surface area contributed by atoms with Gasteiger partial charge in [-0.3, -0.25) is 4.98 Å². The lowest BCUT2D eigenvalue weighted by atomic mass is 10.1. The van der Waals surface area contributed by atoms with Gasteiger partial charge in [-0.15, -0.1) is 0 Å². The van der Waals surface area contributed by atoms with Crippen LogP contribution in [0.1, 0.15) is 11.1 Å². The van der Waals surface area contributed by atoms with Gasteiger partial charge in [-0.2, -0.15) is 5.26 Å². The fraction of sp³-hybridized carbons (Fsp3) is 0.0667. The van der Waals surface area contributed by atoms with Crippen LogP contribution in [0.4, 0.5) is 0 Å². The number of rotatable bonds is 1. The van der Waals surface area contributed by atoms with E-state index in [0.717, 1.165) is 16.8 Å². The molecule has 0 aromatic carbocycles. The maximum atomic E-state index is 9.09. The summed E-state index contributed by atoms with van der Waals surface area (Å²) in [6.45, 7) is 2.06. The molecule has 0 fully saturated rings. The fourth-order valence-electron chi connectivity index (χ4n) is 2.18. The smallest absolute Gasteiger partial charge is 0.101 e. The second-order valence-electron chi connectivity index (χ2n) is 4.20. The molecular weight excluding hydrogens is 222 g/mol. The van der Waals surface area contributed by atoms with Gasteiger partial charge in [0.15, 0.2) is 0 Å². The van der Waals surface area contributed by atoms with Gasteiger partial charge in [0.2, 0.25) is 0 Å². The molecule has 18 heavy (non-hydrogen) atoms. The van der Waals surface area contributed by atoms with E-state index in [4.69, 9.17) is 5.26 Å². The summed E-state index contributed by atoms with van der Waals surface area (Å²) in [4.78, 5) is 4.18. The molecule has 0 bridgehead atoms. The molecule has 0 radical (unpaired) electrons. The predicted molar refractivity (Wildman–Crippen MR) is 70.1 cm³/mol. The lowest BCUT2D eigenvalue weighted by Crippen LogP contribution is -1.95. The van der Waals surface area contributed by atoms with Crippen molar-refractivity contribution >= 4 is 5.52 Å². The molecule has 0 aliphatic rings. The number of aromatic nitrogens is 2. The maximum absolute atomic E-state index is 9.09. The van der Waals surface area contributed by atoms with E-state index in [1.807, 2.05) is 47.1 Å². The summed E-state index contributed by atoms with van der Waals surface area (Å²) < 4.78 is 2.03. The van der Waals surface area contributed by atoms with Crippen LogP contribution in [0.25, 0.3) is 16.8 Å². The van der Waals surface area contributed by atoms with Crippen LogP contribution in [0.15, 0.2) is 48.9 Å². The first-order valence-corrected chi connectivity index (χ1v) is 5.72. The van der Waals surface area contributed by atoms with Gasteiger partial charge in [0.25, 0.3) is 0 Å². The van der Waals surface area contributed by atoms with Crippen molar-refractivity contribution in [2.24, 2.45) is 0 Å². The Morgan fingerprint density at radius 2 is 2.11 bits per heavy atom. The molecule has 3 nitrogen and oxygen atoms in total. The first-order chi connectivity index (χ1) is 8.81. The molecule has 0 spiro atoms. The molecule has 0 atom stereocenters. The van der Waals surface area contributed by atoms with Crippen molar-refractivity contribution in [2.45, 2.75) is 6.92 Å². The van der Waals surface area contributed by atoms with Gasteiger partial charge in [-0.25, -0.2) is 0 Å². The predicted octanol–water partition coefficient (Wildman–Crippen LogP) is 3.18. The Morgan fingerprint density at radius 1 is 1.22 bits per heavy atom. The van der Waals surface area contributed by atoms with Crippen LogP contribution in [0, 0.1) is 18.3 Å². The van der Waals surface area contributed by atoms with Gasteiger partial charge in [-0.05, 0) is 42.8 Å². The molecule has 0 saturated heterocycles. The van der Waals surface area contributed by atoms with Crippen LogP contribution in [0.2, 0.25) is 0 Å². The molecule has 0 unspecified atom stereocenters. The normalized spacial score (nSPS) is 10.4. The van der Waals surface area contributed by atoms with Crippen molar-refractivity contribution in [3.63, 3.8) is 0 Å². The van der Waals surface area contributed by atoms with E-state index >= 15 is 0 Å². The number of hydrogen-bond donors (Lipinski definition) is 0. The van der Waals surface area contributed by atoms with Crippen molar-refractivity contribution in [3.05, 3.63) is 60.0 Å². The van der Waals surface area contributed by atoms with E-state index in [9.17, 15) is 0 Å². The molecule has 0 aliphatic carbocycles. The van der Waals surface area contributed by atoms with Crippen LogP contribution >= 0.6 is 0 Å². The molecule has 3 heterocycles. The van der Waals surface area contributed by atoms with Crippen molar-refractivity contribution in [2.75, 3.05) is 0 Å². The molecule has 3 aromatic heterocycles. The number of hydrogen-bond acceptors (Lipinski definition) is 2. The summed E-state index contributed by atoms with van der Waals surface area (Å²) in [5, 5.41) is 9.09. The summed E-state index contributed by atoms with van der Waals surface area (Å²) in [7, 11) is 0. The zero-order valence-electron chi connectivity index (χ0n) is 9.96. The van der Waals surface area contributed by atoms with Crippen LogP contribution in [0.5, 0.6) is 0 Å². The van der Waals surface area contributed by atoms with Crippen molar-refractivity contribution in [1.29, 1.82) is 5.26 Å². The van der Waals surface area contributed by atoms with E-state index in [1.165, 1.54) is 5.56 Å². The third-order valence-electron chi connectivity index (χ3n) is 3.13. The molecule has 3 rings (SSSR count). The SMILES string of the molecule is Cc1ccncc1-c1ccc(C#N)c2cccn12. The number of nitrogens with zero attached hydrogens (tertiary/aromatic N) is 3. The van der Waals surface area contributed by atoms with Crippen LogP contribution in [0.3, 0.4) is 0 Å². The Labute approximate surface area is 105 Å². The first kappa shape index (κ1) is 10.5. The Hall–Kier alpha value is -2.60. The highest BCUT2D eigenvalue weighted by Gasteiger charge is 2.08. The van der Waals surface area contributed by atoms with Gasteiger partial charge in [0.05, 0.1) is 16.8 Å². The number of aryl methyl sites for hydroxylation is 1. The highest BCUT2D eigenvalue weighted by molar-refractivity contribution is 5.71. The molecule has 0 N–H and O–H groups in total. The lowest BCUT2D eigenvalue weighted by Gasteiger charge is -2.09. The van der Waals surface area contributed by atoms with Gasteiger partial charge < -0.3 is 4.40 Å². The average Bonchev–Trinajstić information content (AvgIpc) is 2.88. The fourth-order valence-corrected chi connectivity index (χ4v) is 2.18. The quantitative estimate of drug-likeness (QED) is 0.647. The lowest BCUT2D eigenvalue weighted by molar-refractivity contribution is 1.17. The number of pyridine rings is 2. The van der Waals surface area contributed by atoms with E-state index in [2.05, 4.69) is 18.0 Å². The van der Waals surface area contributed by atoms with Gasteiger partial charge in [-0.1, -0.05) is 0 Å². The molecular formula is C15H11N3. The van der Waals surface area contributed by atoms with Crippen LogP contribution in [-0.4, -0.2) is 9.38 Å². The van der Waals surface area contributed by atoms with Crippen LogP contribution in [-0.2, 0) is 0 Å².